The van der Waals surface area contributed by atoms with Crippen LogP contribution < -0.4 is 0 Å². The minimum atomic E-state index is 0.365. The van der Waals surface area contributed by atoms with Gasteiger partial charge in [-0.15, -0.1) is 11.3 Å². The van der Waals surface area contributed by atoms with E-state index in [4.69, 9.17) is 9.72 Å². The van der Waals surface area contributed by atoms with Gasteiger partial charge >= 0.3 is 0 Å². The summed E-state index contributed by atoms with van der Waals surface area (Å²) in [6.07, 6.45) is 6.95. The number of thiazole rings is 1. The van der Waals surface area contributed by atoms with Gasteiger partial charge in [0.2, 0.25) is 0 Å². The molecule has 22 heavy (non-hydrogen) atoms. The number of hydrogen-bond acceptors (Lipinski definition) is 5. The SMILES string of the molecule is CN1CCO[C@H](CN(Cc2nc3c(s2)CCC3)CC2CC2)C1. The van der Waals surface area contributed by atoms with Crippen molar-refractivity contribution in [2.45, 2.75) is 44.8 Å². The standard InChI is InChI=1S/C17H27N3OS/c1-19-7-8-21-14(10-19)11-20(9-13-5-6-13)12-17-18-15-3-2-4-16(15)22-17/h13-14H,2-12H2,1H3/t14-/m0/s1. The fourth-order valence-corrected chi connectivity index (χ4v) is 4.84. The average molecular weight is 321 g/mol. The lowest BCUT2D eigenvalue weighted by atomic mass is 10.2. The first-order valence-electron chi connectivity index (χ1n) is 8.76. The highest BCUT2D eigenvalue weighted by Gasteiger charge is 2.28. The molecule has 0 aromatic carbocycles. The minimum Gasteiger partial charge on any atom is -0.374 e. The monoisotopic (exact) mass is 321 g/mol. The van der Waals surface area contributed by atoms with Gasteiger partial charge in [-0.3, -0.25) is 4.90 Å². The van der Waals surface area contributed by atoms with E-state index >= 15 is 0 Å². The van der Waals surface area contributed by atoms with E-state index in [-0.39, 0.29) is 0 Å². The Morgan fingerprint density at radius 1 is 1.32 bits per heavy atom. The summed E-state index contributed by atoms with van der Waals surface area (Å²) in [6.45, 7) is 6.33. The normalized spacial score (nSPS) is 25.8. The summed E-state index contributed by atoms with van der Waals surface area (Å²) in [5.74, 6) is 0.924. The molecule has 1 saturated heterocycles. The molecule has 0 spiro atoms. The number of nitrogens with zero attached hydrogens (tertiary/aromatic N) is 3. The summed E-state index contributed by atoms with van der Waals surface area (Å²) < 4.78 is 5.98. The smallest absolute Gasteiger partial charge is 0.107 e. The maximum Gasteiger partial charge on any atom is 0.107 e. The minimum absolute atomic E-state index is 0.365. The van der Waals surface area contributed by atoms with Crippen LogP contribution in [0.5, 0.6) is 0 Å². The molecule has 2 aliphatic carbocycles. The van der Waals surface area contributed by atoms with Crippen molar-refractivity contribution in [3.8, 4) is 0 Å². The highest BCUT2D eigenvalue weighted by molar-refractivity contribution is 7.11. The average Bonchev–Trinajstić information content (AvgIpc) is 3.04. The number of aryl methyl sites for hydroxylation is 2. The van der Waals surface area contributed by atoms with Gasteiger partial charge in [0.25, 0.3) is 0 Å². The summed E-state index contributed by atoms with van der Waals surface area (Å²) in [5.41, 5.74) is 1.39. The third kappa shape index (κ3) is 3.70. The zero-order valence-electron chi connectivity index (χ0n) is 13.6. The van der Waals surface area contributed by atoms with E-state index in [1.165, 1.54) is 49.4 Å². The Balaban J connectivity index is 1.38. The van der Waals surface area contributed by atoms with E-state index in [0.717, 1.165) is 38.7 Å². The van der Waals surface area contributed by atoms with Crippen LogP contribution in [-0.2, 0) is 24.1 Å². The van der Waals surface area contributed by atoms with E-state index < -0.39 is 0 Å². The van der Waals surface area contributed by atoms with Gasteiger partial charge in [-0.1, -0.05) is 0 Å². The molecule has 1 saturated carbocycles. The van der Waals surface area contributed by atoms with E-state index in [2.05, 4.69) is 16.8 Å². The zero-order valence-corrected chi connectivity index (χ0v) is 14.4. The van der Waals surface area contributed by atoms with Crippen molar-refractivity contribution in [1.82, 2.24) is 14.8 Å². The van der Waals surface area contributed by atoms with Crippen molar-refractivity contribution in [3.63, 3.8) is 0 Å². The van der Waals surface area contributed by atoms with Gasteiger partial charge in [0, 0.05) is 31.1 Å². The van der Waals surface area contributed by atoms with Crippen molar-refractivity contribution >= 4 is 11.3 Å². The van der Waals surface area contributed by atoms with Gasteiger partial charge in [0.15, 0.2) is 0 Å². The van der Waals surface area contributed by atoms with Crippen LogP contribution in [0.15, 0.2) is 0 Å². The van der Waals surface area contributed by atoms with Crippen molar-refractivity contribution in [2.24, 2.45) is 5.92 Å². The molecule has 0 amide bonds. The Kier molecular flexibility index (Phi) is 4.49. The summed E-state index contributed by atoms with van der Waals surface area (Å²) in [6, 6.07) is 0. The lowest BCUT2D eigenvalue weighted by Crippen LogP contribution is -2.46. The Morgan fingerprint density at radius 2 is 2.23 bits per heavy atom. The molecule has 1 atom stereocenters. The van der Waals surface area contributed by atoms with Gasteiger partial charge in [0.05, 0.1) is 24.9 Å². The van der Waals surface area contributed by atoms with Gasteiger partial charge in [0.1, 0.15) is 5.01 Å². The quantitative estimate of drug-likeness (QED) is 0.803. The lowest BCUT2D eigenvalue weighted by molar-refractivity contribution is -0.0372. The predicted octanol–water partition coefficient (Wildman–Crippen LogP) is 2.17. The molecule has 122 valence electrons. The number of ether oxygens (including phenoxy) is 1. The van der Waals surface area contributed by atoms with E-state index in [1.54, 1.807) is 4.88 Å². The lowest BCUT2D eigenvalue weighted by Gasteiger charge is -2.33. The summed E-state index contributed by atoms with van der Waals surface area (Å²) >= 11 is 1.96. The Hall–Kier alpha value is -0.490. The van der Waals surface area contributed by atoms with Crippen LogP contribution in [0.1, 0.15) is 34.8 Å². The molecule has 3 aliphatic rings. The molecule has 1 aromatic rings. The molecular weight excluding hydrogens is 294 g/mol. The molecule has 1 aromatic heterocycles. The van der Waals surface area contributed by atoms with Crippen LogP contribution in [0.4, 0.5) is 0 Å². The van der Waals surface area contributed by atoms with Crippen molar-refractivity contribution in [2.75, 3.05) is 39.8 Å². The third-order valence-corrected chi connectivity index (χ3v) is 6.16. The number of aromatic nitrogens is 1. The van der Waals surface area contributed by atoms with Crippen LogP contribution in [0.25, 0.3) is 0 Å². The number of hydrogen-bond donors (Lipinski definition) is 0. The molecule has 1 aliphatic heterocycles. The van der Waals surface area contributed by atoms with Crippen LogP contribution in [-0.4, -0.2) is 60.7 Å². The molecular formula is C17H27N3OS. The maximum absolute atomic E-state index is 5.98. The molecule has 0 N–H and O–H groups in total. The Bertz CT molecular complexity index is 493. The van der Waals surface area contributed by atoms with Gasteiger partial charge in [-0.2, -0.15) is 0 Å². The second-order valence-corrected chi connectivity index (χ2v) is 8.39. The number of fused-ring (bicyclic) bond motifs is 1. The first-order valence-corrected chi connectivity index (χ1v) is 9.58. The van der Waals surface area contributed by atoms with Gasteiger partial charge in [-0.25, -0.2) is 4.98 Å². The number of likely N-dealkylation sites (N-methyl/N-ethyl adjacent to an activating group) is 1. The molecule has 2 fully saturated rings. The first kappa shape index (κ1) is 15.1. The van der Waals surface area contributed by atoms with Crippen LogP contribution >= 0.6 is 11.3 Å². The Morgan fingerprint density at radius 3 is 3.00 bits per heavy atom. The summed E-state index contributed by atoms with van der Waals surface area (Å²) in [5, 5.41) is 1.33. The van der Waals surface area contributed by atoms with E-state index in [9.17, 15) is 0 Å². The van der Waals surface area contributed by atoms with Crippen molar-refractivity contribution in [1.29, 1.82) is 0 Å². The number of morpholine rings is 1. The predicted molar refractivity (Wildman–Crippen MR) is 89.4 cm³/mol. The molecule has 2 heterocycles. The van der Waals surface area contributed by atoms with Crippen LogP contribution in [0.2, 0.25) is 0 Å². The third-order valence-electron chi connectivity index (χ3n) is 5.02. The van der Waals surface area contributed by atoms with E-state index in [1.807, 2.05) is 11.3 Å². The second-order valence-electron chi connectivity index (χ2n) is 7.22. The molecule has 0 radical (unpaired) electrons. The molecule has 5 heteroatoms. The van der Waals surface area contributed by atoms with Crippen LogP contribution in [0.3, 0.4) is 0 Å². The fourth-order valence-electron chi connectivity index (χ4n) is 3.64. The van der Waals surface area contributed by atoms with Crippen molar-refractivity contribution < 1.29 is 4.74 Å². The largest absolute Gasteiger partial charge is 0.374 e. The highest BCUT2D eigenvalue weighted by atomic mass is 32.1. The molecule has 4 nitrogen and oxygen atoms in total. The molecule has 0 bridgehead atoms. The number of rotatable bonds is 6. The van der Waals surface area contributed by atoms with Crippen LogP contribution in [0, 0.1) is 5.92 Å². The summed E-state index contributed by atoms with van der Waals surface area (Å²) in [4.78, 5) is 11.4. The van der Waals surface area contributed by atoms with Gasteiger partial charge in [-0.05, 0) is 45.1 Å². The molecule has 0 unspecified atom stereocenters. The van der Waals surface area contributed by atoms with Crippen molar-refractivity contribution in [3.05, 3.63) is 15.6 Å². The second kappa shape index (κ2) is 6.56. The highest BCUT2D eigenvalue weighted by Crippen LogP contribution is 2.32. The first-order chi connectivity index (χ1) is 10.8. The fraction of sp³-hybridized carbons (Fsp3) is 0.824. The molecule has 4 rings (SSSR count). The Labute approximate surface area is 137 Å². The van der Waals surface area contributed by atoms with E-state index in [0.29, 0.717) is 6.10 Å². The topological polar surface area (TPSA) is 28.6 Å². The van der Waals surface area contributed by atoms with Gasteiger partial charge < -0.3 is 9.64 Å². The zero-order chi connectivity index (χ0) is 14.9. The maximum atomic E-state index is 5.98. The summed E-state index contributed by atoms with van der Waals surface area (Å²) in [7, 11) is 2.20.